The van der Waals surface area contributed by atoms with Crippen LogP contribution in [0.1, 0.15) is 137 Å². The Morgan fingerprint density at radius 3 is 1.80 bits per heavy atom. The second-order valence-corrected chi connectivity index (χ2v) is 23.9. The molecule has 9 atom stereocenters. The first-order chi connectivity index (χ1) is 37.4. The Kier molecular flexibility index (Phi) is 19.2. The van der Waals surface area contributed by atoms with Crippen LogP contribution in [0.2, 0.25) is 0 Å². The largest absolute Gasteiger partial charge is 0.347 e. The Labute approximate surface area is 465 Å². The number of nitrogens with one attached hydrogen (secondary N) is 6. The topological polar surface area (TPSA) is 201 Å². The van der Waals surface area contributed by atoms with Gasteiger partial charge in [-0.15, -0.1) is 0 Å². The summed E-state index contributed by atoms with van der Waals surface area (Å²) in [6.45, 7) is 16.7. The highest BCUT2D eigenvalue weighted by atomic mass is 19.1. The molecule has 17 heteroatoms. The first-order valence-corrected chi connectivity index (χ1v) is 27.9. The molecule has 16 nitrogen and oxygen atoms in total. The fraction of sp³-hybridized carbons (Fsp3) is 0.500. The molecule has 79 heavy (non-hydrogen) atoms. The lowest BCUT2D eigenvalue weighted by molar-refractivity contribution is -0.152. The van der Waals surface area contributed by atoms with E-state index in [1.54, 1.807) is 80.2 Å². The van der Waals surface area contributed by atoms with E-state index in [4.69, 9.17) is 0 Å². The predicted octanol–water partition coefficient (Wildman–Crippen LogP) is 6.08. The molecule has 7 amide bonds. The highest BCUT2D eigenvalue weighted by molar-refractivity contribution is 5.97. The third-order valence-electron chi connectivity index (χ3n) is 16.0. The maximum absolute atomic E-state index is 15.6. The molecule has 6 N–H and O–H groups in total. The SMILES string of the molecule is CN[C@@H](C)C(=O)N[C@H](C(=O)N1CCc2ccccc2[C@H]1C(=O)N(Cc1ccc(C(=O)N[C@H]2C[C@@H](C(=O)N[C@@H]3CCCc4ccccc43)N(C(=O)[C@@H](NC(=O)[C@H](C)NC)C(C)(C)C)C2)cc1)[C@H](C)Cc1ccccc1F)C(C)(C)C. The van der Waals surface area contributed by atoms with Gasteiger partial charge in [0.15, 0.2) is 0 Å². The molecule has 4 aromatic rings. The third kappa shape index (κ3) is 14.1. The highest BCUT2D eigenvalue weighted by Crippen LogP contribution is 2.36. The molecule has 1 fully saturated rings. The van der Waals surface area contributed by atoms with E-state index in [-0.39, 0.29) is 62.1 Å². The van der Waals surface area contributed by atoms with Gasteiger partial charge in [0.05, 0.1) is 18.1 Å². The van der Waals surface area contributed by atoms with Gasteiger partial charge in [0.25, 0.3) is 11.8 Å². The molecular formula is C62H82FN9O7. The van der Waals surface area contributed by atoms with Crippen LogP contribution in [0, 0.1) is 16.6 Å². The van der Waals surface area contributed by atoms with E-state index in [1.165, 1.54) is 16.5 Å². The molecule has 0 aromatic heterocycles. The number of amides is 7. The van der Waals surface area contributed by atoms with E-state index in [1.807, 2.05) is 90.9 Å². The fourth-order valence-corrected chi connectivity index (χ4v) is 11.0. The second-order valence-electron chi connectivity index (χ2n) is 23.9. The van der Waals surface area contributed by atoms with Gasteiger partial charge in [-0.2, -0.15) is 0 Å². The molecule has 0 saturated carbocycles. The summed E-state index contributed by atoms with van der Waals surface area (Å²) in [6.07, 6.45) is 3.32. The quantitative estimate of drug-likeness (QED) is 0.0683. The molecule has 0 spiro atoms. The lowest BCUT2D eigenvalue weighted by Gasteiger charge is -2.43. The number of rotatable bonds is 18. The summed E-state index contributed by atoms with van der Waals surface area (Å²) in [5, 5.41) is 18.1. The number of carbonyl (C=O) groups is 7. The van der Waals surface area contributed by atoms with Gasteiger partial charge in [-0.3, -0.25) is 33.6 Å². The standard InChI is InChI=1S/C62H82FN9O7/c1-37(33-44-21-14-17-25-48(44)63)71(58(77)51-47-24-16-13-20-42(47)31-32-70(51)59(78)52(61(4,5)6)68-54(73)38(2)64-10)35-40-27-29-43(30-28-40)56(75)66-45-34-50(57(76)67-49-26-18-22-41-19-12-15-23-46(41)49)72(36-45)60(79)53(62(7,8)9)69-55(74)39(3)65-11/h12-17,19-21,23-25,27-30,37-39,45,49-53,64-65H,18,22,26,31-36H2,1-11H3,(H,66,75)(H,67,76)(H,68,73)(H,69,74)/t37-,38+,39+,45+,49-,50+,51+,52-,53-/m1/s1. The highest BCUT2D eigenvalue weighted by Gasteiger charge is 2.47. The lowest BCUT2D eigenvalue weighted by Crippen LogP contribution is -2.60. The van der Waals surface area contributed by atoms with E-state index in [9.17, 15) is 28.8 Å². The molecule has 0 unspecified atom stereocenters. The number of nitrogens with zero attached hydrogens (tertiary/aromatic N) is 3. The number of fused-ring (bicyclic) bond motifs is 2. The Morgan fingerprint density at radius 1 is 0.671 bits per heavy atom. The second kappa shape index (κ2) is 25.4. The summed E-state index contributed by atoms with van der Waals surface area (Å²) < 4.78 is 15.4. The molecular weight excluding hydrogens is 1000 g/mol. The van der Waals surface area contributed by atoms with Gasteiger partial charge in [-0.25, -0.2) is 4.39 Å². The maximum Gasteiger partial charge on any atom is 0.251 e. The molecule has 2 aliphatic heterocycles. The molecule has 3 aliphatic rings. The summed E-state index contributed by atoms with van der Waals surface area (Å²) >= 11 is 0. The number of aryl methyl sites for hydroxylation is 1. The van der Waals surface area contributed by atoms with Gasteiger partial charge in [0.2, 0.25) is 29.5 Å². The number of benzene rings is 4. The zero-order valence-electron chi connectivity index (χ0n) is 47.9. The monoisotopic (exact) mass is 1080 g/mol. The zero-order valence-corrected chi connectivity index (χ0v) is 47.9. The maximum atomic E-state index is 15.6. The van der Waals surface area contributed by atoms with Crippen LogP contribution in [-0.2, 0) is 54.6 Å². The molecule has 1 saturated heterocycles. The third-order valence-corrected chi connectivity index (χ3v) is 16.0. The van der Waals surface area contributed by atoms with Crippen LogP contribution in [0.15, 0.2) is 97.1 Å². The first-order valence-electron chi connectivity index (χ1n) is 27.9. The first kappa shape index (κ1) is 59.7. The van der Waals surface area contributed by atoms with Crippen LogP contribution >= 0.6 is 0 Å². The van der Waals surface area contributed by atoms with Crippen LogP contribution in [-0.4, -0.2) is 126 Å². The number of hydrogen-bond donors (Lipinski definition) is 6. The Bertz CT molecular complexity index is 2860. The molecule has 7 rings (SSSR count). The van der Waals surface area contributed by atoms with Gasteiger partial charge in [-0.1, -0.05) is 120 Å². The molecule has 4 aromatic carbocycles. The minimum atomic E-state index is -1.08. The van der Waals surface area contributed by atoms with Crippen LogP contribution in [0.4, 0.5) is 4.39 Å². The predicted molar refractivity (Wildman–Crippen MR) is 303 cm³/mol. The Morgan fingerprint density at radius 2 is 1.22 bits per heavy atom. The molecule has 2 heterocycles. The molecule has 0 bridgehead atoms. The van der Waals surface area contributed by atoms with Crippen molar-refractivity contribution < 1.29 is 38.0 Å². The lowest BCUT2D eigenvalue weighted by atomic mass is 9.83. The number of carbonyl (C=O) groups excluding carboxylic acids is 7. The van der Waals surface area contributed by atoms with Crippen molar-refractivity contribution in [2.75, 3.05) is 27.2 Å². The van der Waals surface area contributed by atoms with E-state index in [2.05, 4.69) is 38.0 Å². The minimum absolute atomic E-state index is 0.0186. The van der Waals surface area contributed by atoms with Crippen LogP contribution in [0.3, 0.4) is 0 Å². The summed E-state index contributed by atoms with van der Waals surface area (Å²) in [4.78, 5) is 105. The van der Waals surface area contributed by atoms with E-state index < -0.39 is 82.7 Å². The van der Waals surface area contributed by atoms with Gasteiger partial charge in [-0.05, 0) is 136 Å². The zero-order chi connectivity index (χ0) is 57.5. The summed E-state index contributed by atoms with van der Waals surface area (Å²) in [5.41, 5.74) is 3.70. The summed E-state index contributed by atoms with van der Waals surface area (Å²) in [7, 11) is 3.32. The number of likely N-dealkylation sites (tertiary alicyclic amines) is 1. The van der Waals surface area contributed by atoms with Crippen LogP contribution in [0.5, 0.6) is 0 Å². The van der Waals surface area contributed by atoms with Crippen molar-refractivity contribution in [3.63, 3.8) is 0 Å². The minimum Gasteiger partial charge on any atom is -0.347 e. The molecule has 1 aliphatic carbocycles. The summed E-state index contributed by atoms with van der Waals surface area (Å²) in [5.74, 6) is -3.11. The van der Waals surface area contributed by atoms with Crippen LogP contribution in [0.25, 0.3) is 0 Å². The van der Waals surface area contributed by atoms with Crippen molar-refractivity contribution in [1.29, 1.82) is 0 Å². The number of likely N-dealkylation sites (N-methyl/N-ethyl adjacent to an activating group) is 2. The average molecular weight is 1080 g/mol. The van der Waals surface area contributed by atoms with Gasteiger partial charge >= 0.3 is 0 Å². The smallest absolute Gasteiger partial charge is 0.251 e. The van der Waals surface area contributed by atoms with Crippen molar-refractivity contribution in [2.24, 2.45) is 10.8 Å². The van der Waals surface area contributed by atoms with Crippen molar-refractivity contribution in [3.8, 4) is 0 Å². The van der Waals surface area contributed by atoms with Gasteiger partial charge in [0, 0.05) is 37.3 Å². The van der Waals surface area contributed by atoms with E-state index >= 15 is 9.18 Å². The van der Waals surface area contributed by atoms with Crippen LogP contribution < -0.4 is 31.9 Å². The summed E-state index contributed by atoms with van der Waals surface area (Å²) in [6, 6.07) is 22.2. The molecule has 424 valence electrons. The molecule has 0 radical (unpaired) electrons. The Balaban J connectivity index is 1.15. The Hall–Kier alpha value is -6.98. The van der Waals surface area contributed by atoms with Crippen molar-refractivity contribution in [1.82, 2.24) is 46.6 Å². The van der Waals surface area contributed by atoms with Gasteiger partial charge < -0.3 is 46.6 Å². The number of halogens is 1. The number of hydrogen-bond acceptors (Lipinski definition) is 9. The van der Waals surface area contributed by atoms with Crippen molar-refractivity contribution in [2.45, 2.75) is 162 Å². The van der Waals surface area contributed by atoms with Crippen molar-refractivity contribution in [3.05, 3.63) is 142 Å². The van der Waals surface area contributed by atoms with Crippen molar-refractivity contribution >= 4 is 41.4 Å². The normalized spacial score (nSPS) is 20.1. The fourth-order valence-electron chi connectivity index (χ4n) is 11.0. The average Bonchev–Trinajstić information content (AvgIpc) is 3.89. The van der Waals surface area contributed by atoms with E-state index in [0.717, 1.165) is 30.4 Å². The van der Waals surface area contributed by atoms with Gasteiger partial charge in [0.1, 0.15) is 30.0 Å². The van der Waals surface area contributed by atoms with E-state index in [0.29, 0.717) is 28.7 Å².